The Labute approximate surface area is 135 Å². The van der Waals surface area contributed by atoms with Gasteiger partial charge in [0.05, 0.1) is 6.21 Å². The van der Waals surface area contributed by atoms with Crippen molar-refractivity contribution in [3.05, 3.63) is 63.5 Å². The molecule has 0 saturated heterocycles. The van der Waals surface area contributed by atoms with Crippen LogP contribution in [0.4, 0.5) is 4.39 Å². The summed E-state index contributed by atoms with van der Waals surface area (Å²) in [4.78, 5) is 11.5. The molecule has 108 valence electrons. The van der Waals surface area contributed by atoms with Crippen LogP contribution in [0.25, 0.3) is 0 Å². The number of carbonyl (C=O) groups excluding carboxylic acids is 1. The number of rotatable bonds is 5. The quantitative estimate of drug-likeness (QED) is 0.479. The van der Waals surface area contributed by atoms with E-state index in [9.17, 15) is 9.18 Å². The third-order valence-electron chi connectivity index (χ3n) is 2.44. The van der Waals surface area contributed by atoms with Gasteiger partial charge in [-0.15, -0.1) is 0 Å². The Hall–Kier alpha value is -1.96. The lowest BCUT2D eigenvalue weighted by molar-refractivity contribution is -0.123. The number of ether oxygens (including phenoxy) is 1. The Kier molecular flexibility index (Phi) is 5.68. The SMILES string of the molecule is O=C(COc1ccc(F)cc1)N/N=C/c1cccc(I)c1. The number of hydrazone groups is 1. The maximum Gasteiger partial charge on any atom is 0.277 e. The molecule has 0 atom stereocenters. The van der Waals surface area contributed by atoms with Gasteiger partial charge < -0.3 is 4.74 Å². The van der Waals surface area contributed by atoms with Crippen molar-refractivity contribution < 1.29 is 13.9 Å². The van der Waals surface area contributed by atoms with Crippen molar-refractivity contribution in [2.24, 2.45) is 5.10 Å². The number of carbonyl (C=O) groups is 1. The van der Waals surface area contributed by atoms with Crippen LogP contribution >= 0.6 is 22.6 Å². The molecule has 1 N–H and O–H groups in total. The van der Waals surface area contributed by atoms with Crippen molar-refractivity contribution in [3.8, 4) is 5.75 Å². The van der Waals surface area contributed by atoms with Crippen molar-refractivity contribution in [3.63, 3.8) is 0 Å². The summed E-state index contributed by atoms with van der Waals surface area (Å²) < 4.78 is 19.0. The lowest BCUT2D eigenvalue weighted by atomic mass is 10.2. The second-order valence-electron chi connectivity index (χ2n) is 4.09. The number of amides is 1. The van der Waals surface area contributed by atoms with Crippen molar-refractivity contribution in [1.29, 1.82) is 0 Å². The molecule has 0 heterocycles. The maximum absolute atomic E-state index is 12.7. The predicted molar refractivity (Wildman–Crippen MR) is 86.8 cm³/mol. The van der Waals surface area contributed by atoms with Gasteiger partial charge in [-0.05, 0) is 64.6 Å². The van der Waals surface area contributed by atoms with E-state index in [1.807, 2.05) is 24.3 Å². The van der Waals surface area contributed by atoms with Crippen LogP contribution in [0.15, 0.2) is 53.6 Å². The van der Waals surface area contributed by atoms with Crippen LogP contribution in [-0.4, -0.2) is 18.7 Å². The molecule has 0 unspecified atom stereocenters. The minimum Gasteiger partial charge on any atom is -0.484 e. The van der Waals surface area contributed by atoms with E-state index >= 15 is 0 Å². The van der Waals surface area contributed by atoms with E-state index in [0.717, 1.165) is 9.13 Å². The maximum atomic E-state index is 12.7. The summed E-state index contributed by atoms with van der Waals surface area (Å²) in [5.74, 6) is -0.316. The summed E-state index contributed by atoms with van der Waals surface area (Å²) in [7, 11) is 0. The highest BCUT2D eigenvalue weighted by molar-refractivity contribution is 14.1. The molecule has 0 spiro atoms. The number of benzene rings is 2. The van der Waals surface area contributed by atoms with Gasteiger partial charge >= 0.3 is 0 Å². The second kappa shape index (κ2) is 7.72. The van der Waals surface area contributed by atoms with Crippen molar-refractivity contribution in [2.45, 2.75) is 0 Å². The number of halogens is 2. The number of hydrogen-bond acceptors (Lipinski definition) is 3. The third kappa shape index (κ3) is 5.50. The van der Waals surface area contributed by atoms with Crippen LogP contribution in [0.5, 0.6) is 5.75 Å². The lowest BCUT2D eigenvalue weighted by Gasteiger charge is -2.04. The molecule has 0 fully saturated rings. The third-order valence-corrected chi connectivity index (χ3v) is 3.11. The molecule has 0 aliphatic heterocycles. The number of nitrogens with one attached hydrogen (secondary N) is 1. The molecule has 0 radical (unpaired) electrons. The molecule has 0 aliphatic carbocycles. The minimum absolute atomic E-state index is 0.185. The standard InChI is InChI=1S/C15H12FIN2O2/c16-12-4-6-14(7-5-12)21-10-15(20)19-18-9-11-2-1-3-13(17)8-11/h1-9H,10H2,(H,19,20)/b18-9+. The first kappa shape index (κ1) is 15.4. The molecule has 2 aromatic rings. The van der Waals surface area contributed by atoms with Gasteiger partial charge in [-0.25, -0.2) is 9.82 Å². The molecule has 0 aliphatic rings. The van der Waals surface area contributed by atoms with Gasteiger partial charge in [0.25, 0.3) is 5.91 Å². The van der Waals surface area contributed by atoms with Crippen molar-refractivity contribution in [2.75, 3.05) is 6.61 Å². The molecule has 0 aromatic heterocycles. The molecule has 2 aromatic carbocycles. The fraction of sp³-hybridized carbons (Fsp3) is 0.0667. The Morgan fingerprint density at radius 1 is 1.29 bits per heavy atom. The first-order valence-electron chi connectivity index (χ1n) is 6.09. The highest BCUT2D eigenvalue weighted by atomic mass is 127. The van der Waals surface area contributed by atoms with Crippen LogP contribution in [0.2, 0.25) is 0 Å². The zero-order chi connectivity index (χ0) is 15.1. The fourth-order valence-electron chi connectivity index (χ4n) is 1.48. The van der Waals surface area contributed by atoms with Crippen LogP contribution in [0.1, 0.15) is 5.56 Å². The van der Waals surface area contributed by atoms with Gasteiger partial charge in [0.1, 0.15) is 11.6 Å². The molecule has 6 heteroatoms. The second-order valence-corrected chi connectivity index (χ2v) is 5.34. The van der Waals surface area contributed by atoms with E-state index in [0.29, 0.717) is 5.75 Å². The largest absolute Gasteiger partial charge is 0.484 e. The normalized spacial score (nSPS) is 10.6. The fourth-order valence-corrected chi connectivity index (χ4v) is 2.04. The van der Waals surface area contributed by atoms with Gasteiger partial charge in [-0.1, -0.05) is 12.1 Å². The summed E-state index contributed by atoms with van der Waals surface area (Å²) in [6.07, 6.45) is 1.55. The van der Waals surface area contributed by atoms with E-state index in [2.05, 4.69) is 33.1 Å². The van der Waals surface area contributed by atoms with Crippen molar-refractivity contribution >= 4 is 34.7 Å². The van der Waals surface area contributed by atoms with Crippen LogP contribution in [0.3, 0.4) is 0 Å². The monoisotopic (exact) mass is 398 g/mol. The predicted octanol–water partition coefficient (Wildman–Crippen LogP) is 2.96. The number of nitrogens with zero attached hydrogens (tertiary/aromatic N) is 1. The topological polar surface area (TPSA) is 50.7 Å². The Balaban J connectivity index is 1.78. The zero-order valence-corrected chi connectivity index (χ0v) is 13.1. The van der Waals surface area contributed by atoms with Crippen molar-refractivity contribution in [1.82, 2.24) is 5.43 Å². The number of hydrogen-bond donors (Lipinski definition) is 1. The molecule has 1 amide bonds. The van der Waals surface area contributed by atoms with Crippen LogP contribution in [-0.2, 0) is 4.79 Å². The Bertz CT molecular complexity index is 644. The van der Waals surface area contributed by atoms with Gasteiger partial charge in [-0.3, -0.25) is 4.79 Å². The highest BCUT2D eigenvalue weighted by Crippen LogP contribution is 2.10. The van der Waals surface area contributed by atoms with Crippen LogP contribution < -0.4 is 10.2 Å². The van der Waals surface area contributed by atoms with Gasteiger partial charge in [0, 0.05) is 3.57 Å². The molecule has 0 saturated carbocycles. The minimum atomic E-state index is -0.388. The summed E-state index contributed by atoms with van der Waals surface area (Å²) in [6.45, 7) is -0.185. The summed E-state index contributed by atoms with van der Waals surface area (Å²) >= 11 is 2.20. The highest BCUT2D eigenvalue weighted by Gasteiger charge is 2.01. The molecule has 2 rings (SSSR count). The average molecular weight is 398 g/mol. The molecular weight excluding hydrogens is 386 g/mol. The van der Waals surface area contributed by atoms with E-state index in [1.165, 1.54) is 24.3 Å². The van der Waals surface area contributed by atoms with Gasteiger partial charge in [0.2, 0.25) is 0 Å². The first-order valence-corrected chi connectivity index (χ1v) is 7.17. The Morgan fingerprint density at radius 3 is 2.76 bits per heavy atom. The molecule has 4 nitrogen and oxygen atoms in total. The van der Waals surface area contributed by atoms with Gasteiger partial charge in [-0.2, -0.15) is 5.10 Å². The van der Waals surface area contributed by atoms with E-state index in [-0.39, 0.29) is 18.3 Å². The average Bonchev–Trinajstić information content (AvgIpc) is 2.47. The first-order chi connectivity index (χ1) is 10.1. The van der Waals surface area contributed by atoms with Gasteiger partial charge in [0.15, 0.2) is 6.61 Å². The molecule has 21 heavy (non-hydrogen) atoms. The Morgan fingerprint density at radius 2 is 2.05 bits per heavy atom. The smallest absolute Gasteiger partial charge is 0.277 e. The van der Waals surface area contributed by atoms with E-state index in [4.69, 9.17) is 4.74 Å². The van der Waals surface area contributed by atoms with E-state index < -0.39 is 0 Å². The summed E-state index contributed by atoms with van der Waals surface area (Å²) in [6, 6.07) is 13.1. The summed E-state index contributed by atoms with van der Waals surface area (Å²) in [5, 5.41) is 3.84. The summed E-state index contributed by atoms with van der Waals surface area (Å²) in [5.41, 5.74) is 3.25. The van der Waals surface area contributed by atoms with Crippen LogP contribution in [0, 0.1) is 9.39 Å². The molecule has 0 bridgehead atoms. The lowest BCUT2D eigenvalue weighted by Crippen LogP contribution is -2.24. The van der Waals surface area contributed by atoms with E-state index in [1.54, 1.807) is 6.21 Å². The molecular formula is C15H12FIN2O2. The zero-order valence-electron chi connectivity index (χ0n) is 10.9.